The summed E-state index contributed by atoms with van der Waals surface area (Å²) in [5, 5.41) is 1.26. The summed E-state index contributed by atoms with van der Waals surface area (Å²) in [6, 6.07) is 6.91. The Morgan fingerprint density at radius 1 is 0.773 bits per heavy atom. The number of nitrogens with zero attached hydrogens (tertiary/aromatic N) is 1. The lowest BCUT2D eigenvalue weighted by Crippen LogP contribution is -1.86. The van der Waals surface area contributed by atoms with Gasteiger partial charge in [-0.25, -0.2) is 17.6 Å². The molecule has 0 atom stereocenters. The predicted octanol–water partition coefficient (Wildman–Crippen LogP) is 4.29. The lowest BCUT2D eigenvalue weighted by atomic mass is 10.2. The molecule has 0 aliphatic carbocycles. The molecule has 0 bridgehead atoms. The van der Waals surface area contributed by atoms with Gasteiger partial charge < -0.3 is 0 Å². The first-order valence-corrected chi connectivity index (χ1v) is 6.10. The van der Waals surface area contributed by atoms with Crippen molar-refractivity contribution in [1.29, 1.82) is 0 Å². The summed E-state index contributed by atoms with van der Waals surface area (Å²) in [7, 11) is 0. The van der Waals surface area contributed by atoms with E-state index in [9.17, 15) is 22.4 Å². The highest BCUT2D eigenvalue weighted by Gasteiger charge is 2.02. The molecule has 0 unspecified atom stereocenters. The second-order valence-electron chi connectivity index (χ2n) is 4.28. The van der Waals surface area contributed by atoms with E-state index in [1.807, 2.05) is 0 Å². The summed E-state index contributed by atoms with van der Waals surface area (Å²) in [6.07, 6.45) is 3.50. The van der Waals surface area contributed by atoms with Crippen molar-refractivity contribution in [2.24, 2.45) is 0 Å². The zero-order valence-electron chi connectivity index (χ0n) is 11.1. The van der Waals surface area contributed by atoms with Crippen LogP contribution in [0.5, 0.6) is 0 Å². The zero-order chi connectivity index (χ0) is 16.1. The van der Waals surface area contributed by atoms with E-state index in [2.05, 4.69) is 4.98 Å². The van der Waals surface area contributed by atoms with Crippen molar-refractivity contribution in [3.63, 3.8) is 0 Å². The Bertz CT molecular complexity index is 780. The second kappa shape index (κ2) is 6.80. The van der Waals surface area contributed by atoms with Gasteiger partial charge in [0.1, 0.15) is 6.29 Å². The Kier molecular flexibility index (Phi) is 4.83. The topological polar surface area (TPSA) is 30.0 Å². The van der Waals surface area contributed by atoms with Crippen molar-refractivity contribution >= 4 is 17.1 Å². The Balaban J connectivity index is 0.000000164. The van der Waals surface area contributed by atoms with Crippen LogP contribution in [0, 0.1) is 23.3 Å². The number of carbonyl (C=O) groups is 1. The highest BCUT2D eigenvalue weighted by molar-refractivity contribution is 5.81. The maximum absolute atomic E-state index is 12.7. The van der Waals surface area contributed by atoms with Crippen LogP contribution < -0.4 is 0 Å². The molecule has 2 aromatic carbocycles. The van der Waals surface area contributed by atoms with Gasteiger partial charge in [-0.15, -0.1) is 0 Å². The molecule has 0 saturated carbocycles. The molecule has 112 valence electrons. The van der Waals surface area contributed by atoms with Crippen molar-refractivity contribution < 1.29 is 22.4 Å². The van der Waals surface area contributed by atoms with Crippen molar-refractivity contribution in [2.75, 3.05) is 0 Å². The molecule has 0 radical (unpaired) electrons. The standard InChI is InChI=1S/C9H5F2N.C7H4F2O/c10-8-3-6-1-2-12-5-7(6)4-9(8)11;8-6-2-1-5(4-10)3-7(6)9/h1-5H;1-4H. The molecule has 0 spiro atoms. The number of hydrogen-bond acceptors (Lipinski definition) is 2. The van der Waals surface area contributed by atoms with Gasteiger partial charge in [-0.05, 0) is 41.8 Å². The third kappa shape index (κ3) is 3.66. The number of pyridine rings is 1. The van der Waals surface area contributed by atoms with Gasteiger partial charge in [-0.3, -0.25) is 9.78 Å². The highest BCUT2D eigenvalue weighted by atomic mass is 19.2. The summed E-state index contributed by atoms with van der Waals surface area (Å²) in [4.78, 5) is 13.8. The first-order chi connectivity index (χ1) is 10.5. The number of halogens is 4. The van der Waals surface area contributed by atoms with E-state index in [4.69, 9.17) is 0 Å². The number of aromatic nitrogens is 1. The lowest BCUT2D eigenvalue weighted by Gasteiger charge is -1.96. The maximum atomic E-state index is 12.7. The SMILES string of the molecule is Fc1cc2ccncc2cc1F.O=Cc1ccc(F)c(F)c1. The molecule has 1 aromatic heterocycles. The van der Waals surface area contributed by atoms with E-state index in [1.54, 1.807) is 12.3 Å². The van der Waals surface area contributed by atoms with E-state index in [0.29, 0.717) is 17.1 Å². The summed E-state index contributed by atoms with van der Waals surface area (Å²) < 4.78 is 49.7. The van der Waals surface area contributed by atoms with Crippen LogP contribution in [0.15, 0.2) is 48.8 Å². The van der Waals surface area contributed by atoms with E-state index in [-0.39, 0.29) is 5.56 Å². The van der Waals surface area contributed by atoms with Gasteiger partial charge >= 0.3 is 0 Å². The van der Waals surface area contributed by atoms with Crippen LogP contribution in [0.2, 0.25) is 0 Å². The molecule has 0 aliphatic rings. The number of benzene rings is 2. The van der Waals surface area contributed by atoms with E-state index in [0.717, 1.165) is 24.3 Å². The van der Waals surface area contributed by atoms with E-state index < -0.39 is 23.3 Å². The molecule has 3 rings (SSSR count). The fourth-order valence-corrected chi connectivity index (χ4v) is 1.67. The average Bonchev–Trinajstić information content (AvgIpc) is 2.52. The maximum Gasteiger partial charge on any atom is 0.159 e. The van der Waals surface area contributed by atoms with E-state index >= 15 is 0 Å². The predicted molar refractivity (Wildman–Crippen MR) is 73.4 cm³/mol. The smallest absolute Gasteiger partial charge is 0.159 e. The molecule has 22 heavy (non-hydrogen) atoms. The van der Waals surface area contributed by atoms with Crippen LogP contribution in [-0.2, 0) is 0 Å². The second-order valence-corrected chi connectivity index (χ2v) is 4.28. The summed E-state index contributed by atoms with van der Waals surface area (Å²) >= 11 is 0. The molecule has 6 heteroatoms. The number of carbonyl (C=O) groups excluding carboxylic acids is 1. The first-order valence-electron chi connectivity index (χ1n) is 6.10. The molecule has 0 fully saturated rings. The van der Waals surface area contributed by atoms with Crippen LogP contribution in [0.4, 0.5) is 17.6 Å². The van der Waals surface area contributed by atoms with Crippen LogP contribution in [0.25, 0.3) is 10.8 Å². The van der Waals surface area contributed by atoms with Crippen molar-refractivity contribution in [3.8, 4) is 0 Å². The Labute approximate surface area is 123 Å². The zero-order valence-corrected chi connectivity index (χ0v) is 11.1. The third-order valence-corrected chi connectivity index (χ3v) is 2.76. The summed E-state index contributed by atoms with van der Waals surface area (Å²) in [6.45, 7) is 0. The minimum atomic E-state index is -0.996. The molecule has 0 saturated heterocycles. The van der Waals surface area contributed by atoms with Crippen LogP contribution in [0.3, 0.4) is 0 Å². The summed E-state index contributed by atoms with van der Waals surface area (Å²) in [5.74, 6) is -3.60. The number of rotatable bonds is 1. The molecular weight excluding hydrogens is 298 g/mol. The Morgan fingerprint density at radius 2 is 1.41 bits per heavy atom. The van der Waals surface area contributed by atoms with Crippen molar-refractivity contribution in [3.05, 3.63) is 77.6 Å². The quantitative estimate of drug-likeness (QED) is 0.496. The summed E-state index contributed by atoms with van der Waals surface area (Å²) in [5.41, 5.74) is 0.138. The average molecular weight is 307 g/mol. The van der Waals surface area contributed by atoms with Gasteiger partial charge in [0, 0.05) is 23.3 Å². The van der Waals surface area contributed by atoms with Crippen LogP contribution in [-0.4, -0.2) is 11.3 Å². The molecular formula is C16H9F4NO. The fraction of sp³-hybridized carbons (Fsp3) is 0. The van der Waals surface area contributed by atoms with Gasteiger partial charge in [-0.2, -0.15) is 0 Å². The molecule has 0 N–H and O–H groups in total. The molecule has 0 amide bonds. The molecule has 3 aromatic rings. The first kappa shape index (κ1) is 15.6. The van der Waals surface area contributed by atoms with Crippen molar-refractivity contribution in [1.82, 2.24) is 4.98 Å². The monoisotopic (exact) mass is 307 g/mol. The Morgan fingerprint density at radius 3 is 2.05 bits per heavy atom. The minimum Gasteiger partial charge on any atom is -0.298 e. The Hall–Kier alpha value is -2.76. The van der Waals surface area contributed by atoms with Gasteiger partial charge in [0.2, 0.25) is 0 Å². The number of hydrogen-bond donors (Lipinski definition) is 0. The van der Waals surface area contributed by atoms with Crippen LogP contribution >= 0.6 is 0 Å². The largest absolute Gasteiger partial charge is 0.298 e. The highest BCUT2D eigenvalue weighted by Crippen LogP contribution is 2.16. The minimum absolute atomic E-state index is 0.138. The van der Waals surface area contributed by atoms with Crippen LogP contribution in [0.1, 0.15) is 10.4 Å². The molecule has 2 nitrogen and oxygen atoms in total. The molecule has 1 heterocycles. The van der Waals surface area contributed by atoms with Gasteiger partial charge in [0.15, 0.2) is 23.3 Å². The van der Waals surface area contributed by atoms with Gasteiger partial charge in [0.05, 0.1) is 0 Å². The van der Waals surface area contributed by atoms with Crippen molar-refractivity contribution in [2.45, 2.75) is 0 Å². The number of fused-ring (bicyclic) bond motifs is 1. The normalized spacial score (nSPS) is 10.0. The van der Waals surface area contributed by atoms with Gasteiger partial charge in [0.25, 0.3) is 0 Å². The lowest BCUT2D eigenvalue weighted by molar-refractivity contribution is 0.112. The molecule has 0 aliphatic heterocycles. The van der Waals surface area contributed by atoms with E-state index in [1.165, 1.54) is 12.3 Å². The van der Waals surface area contributed by atoms with Gasteiger partial charge in [-0.1, -0.05) is 0 Å². The third-order valence-electron chi connectivity index (χ3n) is 2.76. The fourth-order valence-electron chi connectivity index (χ4n) is 1.67. The number of aldehydes is 1.